The maximum atomic E-state index is 9.34. The van der Waals surface area contributed by atoms with Gasteiger partial charge in [0.15, 0.2) is 6.29 Å². The van der Waals surface area contributed by atoms with Crippen LogP contribution in [-0.2, 0) is 9.47 Å². The normalized spacial score (nSPS) is 43.0. The van der Waals surface area contributed by atoms with E-state index >= 15 is 0 Å². The molecule has 5 heteroatoms. The Morgan fingerprint density at radius 2 is 2.33 bits per heavy atom. The van der Waals surface area contributed by atoms with Gasteiger partial charge in [0.25, 0.3) is 0 Å². The summed E-state index contributed by atoms with van der Waals surface area (Å²) in [5.74, 6) is 0. The summed E-state index contributed by atoms with van der Waals surface area (Å²) in [6.07, 6.45) is -1.41. The van der Waals surface area contributed by atoms with Crippen molar-refractivity contribution in [3.8, 4) is 0 Å². The molecule has 0 unspecified atom stereocenters. The zero-order valence-electron chi connectivity index (χ0n) is 7.01. The van der Waals surface area contributed by atoms with Crippen molar-refractivity contribution in [2.24, 2.45) is 5.73 Å². The second-order valence-corrected chi connectivity index (χ2v) is 2.93. The lowest BCUT2D eigenvalue weighted by molar-refractivity contribution is -0.239. The molecule has 1 heterocycles. The molecule has 1 aliphatic rings. The van der Waals surface area contributed by atoms with Gasteiger partial charge in [-0.25, -0.2) is 0 Å². The summed E-state index contributed by atoms with van der Waals surface area (Å²) in [5, 5.41) is 18.2. The number of hydrogen-bond donors (Lipinski definition) is 3. The summed E-state index contributed by atoms with van der Waals surface area (Å²) in [6.45, 7) is -0.145. The summed E-state index contributed by atoms with van der Waals surface area (Å²) in [5.41, 5.74) is 5.60. The van der Waals surface area contributed by atoms with Gasteiger partial charge in [0.05, 0.1) is 12.7 Å². The highest BCUT2D eigenvalue weighted by Crippen LogP contribution is 2.18. The van der Waals surface area contributed by atoms with Crippen LogP contribution in [0.15, 0.2) is 0 Å². The minimum atomic E-state index is -0.701. The van der Waals surface area contributed by atoms with Crippen LogP contribution in [0.5, 0.6) is 0 Å². The average molecular weight is 177 g/mol. The van der Waals surface area contributed by atoms with Crippen molar-refractivity contribution >= 4 is 0 Å². The van der Waals surface area contributed by atoms with Crippen LogP contribution in [0, 0.1) is 0 Å². The van der Waals surface area contributed by atoms with Crippen molar-refractivity contribution in [1.29, 1.82) is 0 Å². The summed E-state index contributed by atoms with van der Waals surface area (Å²) in [7, 11) is 1.44. The molecule has 0 aromatic rings. The van der Waals surface area contributed by atoms with Crippen molar-refractivity contribution in [1.82, 2.24) is 0 Å². The van der Waals surface area contributed by atoms with E-state index in [1.54, 1.807) is 0 Å². The Balaban J connectivity index is 2.50. The molecular weight excluding hydrogens is 162 g/mol. The fourth-order valence-electron chi connectivity index (χ4n) is 1.30. The lowest BCUT2D eigenvalue weighted by atomic mass is 10.0. The first-order valence-electron chi connectivity index (χ1n) is 3.91. The molecular formula is C7H15NO4. The molecule has 4 N–H and O–H groups in total. The Kier molecular flexibility index (Phi) is 3.42. The van der Waals surface area contributed by atoms with Gasteiger partial charge in [-0.2, -0.15) is 0 Å². The van der Waals surface area contributed by atoms with Gasteiger partial charge in [-0.05, 0) is 6.42 Å². The van der Waals surface area contributed by atoms with Crippen LogP contribution < -0.4 is 5.73 Å². The first-order chi connectivity index (χ1) is 5.69. The molecule has 0 aromatic carbocycles. The third-order valence-electron chi connectivity index (χ3n) is 2.03. The minimum Gasteiger partial charge on any atom is -0.394 e. The Morgan fingerprint density at radius 1 is 1.67 bits per heavy atom. The molecule has 5 nitrogen and oxygen atoms in total. The molecule has 12 heavy (non-hydrogen) atoms. The van der Waals surface area contributed by atoms with Crippen LogP contribution in [0.1, 0.15) is 6.42 Å². The van der Waals surface area contributed by atoms with Gasteiger partial charge < -0.3 is 25.4 Å². The molecule has 1 rings (SSSR count). The lowest BCUT2D eigenvalue weighted by Gasteiger charge is -2.36. The summed E-state index contributed by atoms with van der Waals surface area (Å²) >= 11 is 0. The van der Waals surface area contributed by atoms with E-state index in [9.17, 15) is 5.11 Å². The van der Waals surface area contributed by atoms with E-state index in [4.69, 9.17) is 20.3 Å². The fourth-order valence-corrected chi connectivity index (χ4v) is 1.30. The Morgan fingerprint density at radius 3 is 2.83 bits per heavy atom. The molecule has 0 radical (unpaired) electrons. The topological polar surface area (TPSA) is 84.9 Å². The number of aliphatic hydroxyl groups excluding tert-OH is 2. The molecule has 0 saturated carbocycles. The highest BCUT2D eigenvalue weighted by molar-refractivity contribution is 4.83. The summed E-state index contributed by atoms with van der Waals surface area (Å²) in [4.78, 5) is 0. The molecule has 0 bridgehead atoms. The first kappa shape index (κ1) is 9.88. The largest absolute Gasteiger partial charge is 0.394 e. The van der Waals surface area contributed by atoms with Gasteiger partial charge in [-0.3, -0.25) is 0 Å². The molecule has 0 aromatic heterocycles. The monoisotopic (exact) mass is 177 g/mol. The van der Waals surface area contributed by atoms with E-state index in [0.717, 1.165) is 0 Å². The van der Waals surface area contributed by atoms with Crippen LogP contribution in [0.2, 0.25) is 0 Å². The van der Waals surface area contributed by atoms with E-state index in [2.05, 4.69) is 0 Å². The first-order valence-corrected chi connectivity index (χ1v) is 3.91. The van der Waals surface area contributed by atoms with E-state index in [0.29, 0.717) is 6.42 Å². The number of methoxy groups -OCH3 is 1. The Hall–Kier alpha value is -0.200. The van der Waals surface area contributed by atoms with Crippen LogP contribution in [0.4, 0.5) is 0 Å². The SMILES string of the molecule is CO[C@H]1O[C@H](CO)[C@@H](N)C[C@H]1O. The predicted molar refractivity (Wildman–Crippen MR) is 41.4 cm³/mol. The standard InChI is InChI=1S/C7H15NO4/c1-11-7-5(10)2-4(8)6(3-9)12-7/h4-7,9-10H,2-3,8H2,1H3/t4-,5+,6+,7-/m0/s1. The molecule has 0 amide bonds. The number of nitrogens with two attached hydrogens (primary N) is 1. The van der Waals surface area contributed by atoms with Gasteiger partial charge in [0.2, 0.25) is 0 Å². The number of aliphatic hydroxyl groups is 2. The van der Waals surface area contributed by atoms with Crippen LogP contribution >= 0.6 is 0 Å². The van der Waals surface area contributed by atoms with Gasteiger partial charge in [0.1, 0.15) is 6.10 Å². The van der Waals surface area contributed by atoms with Crippen molar-refractivity contribution in [3.63, 3.8) is 0 Å². The molecule has 1 fully saturated rings. The van der Waals surface area contributed by atoms with Gasteiger partial charge >= 0.3 is 0 Å². The van der Waals surface area contributed by atoms with E-state index in [-0.39, 0.29) is 12.6 Å². The van der Waals surface area contributed by atoms with Crippen molar-refractivity contribution in [3.05, 3.63) is 0 Å². The zero-order chi connectivity index (χ0) is 9.14. The van der Waals surface area contributed by atoms with Crippen LogP contribution in [-0.4, -0.2) is 48.5 Å². The molecule has 1 aliphatic heterocycles. The predicted octanol–water partition coefficient (Wildman–Crippen LogP) is -1.57. The highest BCUT2D eigenvalue weighted by atomic mass is 16.7. The molecule has 1 saturated heterocycles. The molecule has 72 valence electrons. The van der Waals surface area contributed by atoms with Gasteiger partial charge in [-0.1, -0.05) is 0 Å². The Labute approximate surface area is 71.1 Å². The third-order valence-corrected chi connectivity index (χ3v) is 2.03. The van der Waals surface area contributed by atoms with E-state index in [1.807, 2.05) is 0 Å². The second kappa shape index (κ2) is 4.15. The molecule has 0 spiro atoms. The lowest BCUT2D eigenvalue weighted by Crippen LogP contribution is -2.53. The smallest absolute Gasteiger partial charge is 0.183 e. The van der Waals surface area contributed by atoms with E-state index in [1.165, 1.54) is 7.11 Å². The van der Waals surface area contributed by atoms with Gasteiger partial charge in [0, 0.05) is 13.2 Å². The van der Waals surface area contributed by atoms with Crippen LogP contribution in [0.25, 0.3) is 0 Å². The quantitative estimate of drug-likeness (QED) is 0.474. The van der Waals surface area contributed by atoms with Crippen molar-refractivity contribution in [2.45, 2.75) is 31.0 Å². The van der Waals surface area contributed by atoms with Crippen molar-refractivity contribution < 1.29 is 19.7 Å². The maximum Gasteiger partial charge on any atom is 0.183 e. The fraction of sp³-hybridized carbons (Fsp3) is 1.00. The van der Waals surface area contributed by atoms with Gasteiger partial charge in [-0.15, -0.1) is 0 Å². The van der Waals surface area contributed by atoms with Crippen LogP contribution in [0.3, 0.4) is 0 Å². The number of ether oxygens (including phenoxy) is 2. The number of hydrogen-bond acceptors (Lipinski definition) is 5. The highest BCUT2D eigenvalue weighted by Gasteiger charge is 2.34. The molecule has 4 atom stereocenters. The summed E-state index contributed by atoms with van der Waals surface area (Å²) in [6, 6.07) is -0.323. The second-order valence-electron chi connectivity index (χ2n) is 2.93. The minimum absolute atomic E-state index is 0.145. The van der Waals surface area contributed by atoms with E-state index < -0.39 is 18.5 Å². The zero-order valence-corrected chi connectivity index (χ0v) is 7.01. The number of rotatable bonds is 2. The maximum absolute atomic E-state index is 9.34. The average Bonchev–Trinajstić information content (AvgIpc) is 2.05. The molecule has 0 aliphatic carbocycles. The summed E-state index contributed by atoms with van der Waals surface area (Å²) < 4.78 is 10.0. The van der Waals surface area contributed by atoms with Crippen molar-refractivity contribution in [2.75, 3.05) is 13.7 Å². The Bertz CT molecular complexity index is 129. The third kappa shape index (κ3) is 1.94.